The number of likely N-dealkylation sites (tertiary alicyclic amines) is 1. The molecule has 3 aromatic rings. The van der Waals surface area contributed by atoms with Crippen LogP contribution in [0.25, 0.3) is 0 Å². The summed E-state index contributed by atoms with van der Waals surface area (Å²) >= 11 is 6.18. The van der Waals surface area contributed by atoms with E-state index in [-0.39, 0.29) is 35.6 Å². The number of hydrogen-bond acceptors (Lipinski definition) is 6. The van der Waals surface area contributed by atoms with Gasteiger partial charge >= 0.3 is 6.09 Å². The van der Waals surface area contributed by atoms with Gasteiger partial charge in [0.25, 0.3) is 0 Å². The highest BCUT2D eigenvalue weighted by Crippen LogP contribution is 2.39. The summed E-state index contributed by atoms with van der Waals surface area (Å²) in [6.07, 6.45) is 4.24. The molecule has 3 heterocycles. The Bertz CT molecular complexity index is 1470. The molecule has 1 aliphatic carbocycles. The van der Waals surface area contributed by atoms with Crippen molar-refractivity contribution in [2.24, 2.45) is 5.92 Å². The number of amides is 2. The van der Waals surface area contributed by atoms with Crippen molar-refractivity contribution >= 4 is 29.4 Å². The van der Waals surface area contributed by atoms with Crippen molar-refractivity contribution in [2.45, 2.75) is 43.7 Å². The first-order chi connectivity index (χ1) is 20.4. The van der Waals surface area contributed by atoms with E-state index < -0.39 is 11.9 Å². The average molecular weight is 588 g/mol. The Labute approximate surface area is 249 Å². The van der Waals surface area contributed by atoms with E-state index in [1.807, 2.05) is 35.2 Å². The minimum absolute atomic E-state index is 0.0379. The second-order valence-corrected chi connectivity index (χ2v) is 11.6. The van der Waals surface area contributed by atoms with Gasteiger partial charge in [-0.3, -0.25) is 9.69 Å². The third kappa shape index (κ3) is 6.04. The maximum atomic E-state index is 13.9. The number of hydrogen-bond donors (Lipinski definition) is 0. The molecule has 8 nitrogen and oxygen atoms in total. The molecule has 2 saturated heterocycles. The number of pyridine rings is 1. The molecule has 42 heavy (non-hydrogen) atoms. The summed E-state index contributed by atoms with van der Waals surface area (Å²) in [6, 6.07) is 18.5. The van der Waals surface area contributed by atoms with Crippen LogP contribution in [-0.2, 0) is 4.79 Å². The minimum Gasteiger partial charge on any atom is -0.410 e. The molecule has 1 aromatic heterocycles. The monoisotopic (exact) mass is 587 g/mol. The third-order valence-electron chi connectivity index (χ3n) is 8.47. The molecule has 2 aliphatic heterocycles. The van der Waals surface area contributed by atoms with E-state index in [0.29, 0.717) is 49.6 Å². The molecule has 0 spiro atoms. The van der Waals surface area contributed by atoms with Gasteiger partial charge in [0, 0.05) is 55.3 Å². The Hall–Kier alpha value is -4.16. The lowest BCUT2D eigenvalue weighted by molar-refractivity contribution is -0.135. The minimum atomic E-state index is -0.481. The van der Waals surface area contributed by atoms with Gasteiger partial charge in [0.2, 0.25) is 5.91 Å². The van der Waals surface area contributed by atoms with Crippen molar-refractivity contribution in [3.8, 4) is 11.8 Å². The lowest BCUT2D eigenvalue weighted by atomic mass is 9.93. The Morgan fingerprint density at radius 3 is 2.31 bits per heavy atom. The topological polar surface area (TPSA) is 89.8 Å². The quantitative estimate of drug-likeness (QED) is 0.372. The maximum Gasteiger partial charge on any atom is 0.415 e. The van der Waals surface area contributed by atoms with Crippen LogP contribution in [0.1, 0.15) is 42.7 Å². The molecular formula is C32H31ClFN5O3. The van der Waals surface area contributed by atoms with E-state index in [1.54, 1.807) is 17.2 Å². The van der Waals surface area contributed by atoms with Crippen LogP contribution in [0.4, 0.5) is 15.0 Å². The van der Waals surface area contributed by atoms with Crippen molar-refractivity contribution in [3.63, 3.8) is 0 Å². The largest absolute Gasteiger partial charge is 0.415 e. The molecule has 6 rings (SSSR count). The fraction of sp³-hybridized carbons (Fsp3) is 0.375. The number of ether oxygens (including phenoxy) is 1. The number of aromatic nitrogens is 1. The Morgan fingerprint density at radius 2 is 1.69 bits per heavy atom. The SMILES string of the molecule is N#Cc1ccc(N2CCC(C(=O)N3CC(c4ccc(Cl)cc4)C(N(C(=O)Oc4ccc(F)cc4)C4CC4)C3)CC2)nc1. The number of piperidine rings is 1. The number of nitriles is 1. The number of nitrogens with zero attached hydrogens (tertiary/aromatic N) is 5. The first-order valence-corrected chi connectivity index (χ1v) is 14.7. The van der Waals surface area contributed by atoms with Crippen LogP contribution in [0.3, 0.4) is 0 Å². The van der Waals surface area contributed by atoms with Crippen molar-refractivity contribution < 1.29 is 18.7 Å². The molecule has 216 valence electrons. The fourth-order valence-corrected chi connectivity index (χ4v) is 6.23. The predicted octanol–water partition coefficient (Wildman–Crippen LogP) is 5.62. The van der Waals surface area contributed by atoms with Crippen molar-refractivity contribution in [1.82, 2.24) is 14.8 Å². The molecule has 2 aromatic carbocycles. The highest BCUT2D eigenvalue weighted by molar-refractivity contribution is 6.30. The predicted molar refractivity (Wildman–Crippen MR) is 156 cm³/mol. The summed E-state index contributed by atoms with van der Waals surface area (Å²) in [6.45, 7) is 2.31. The van der Waals surface area contributed by atoms with Gasteiger partial charge in [-0.25, -0.2) is 14.2 Å². The fourth-order valence-electron chi connectivity index (χ4n) is 6.10. The zero-order valence-corrected chi connectivity index (χ0v) is 23.8. The van der Waals surface area contributed by atoms with Crippen molar-refractivity contribution in [1.29, 1.82) is 5.26 Å². The Kier molecular flexibility index (Phi) is 7.98. The lowest BCUT2D eigenvalue weighted by Gasteiger charge is -2.34. The van der Waals surface area contributed by atoms with Crippen LogP contribution in [0.2, 0.25) is 5.02 Å². The first kappa shape index (κ1) is 28.0. The molecule has 2 unspecified atom stereocenters. The van der Waals surface area contributed by atoms with Crippen LogP contribution in [-0.4, -0.2) is 65.0 Å². The van der Waals surface area contributed by atoms with Gasteiger partial charge < -0.3 is 14.5 Å². The second-order valence-electron chi connectivity index (χ2n) is 11.2. The van der Waals surface area contributed by atoms with Gasteiger partial charge in [-0.1, -0.05) is 23.7 Å². The van der Waals surface area contributed by atoms with E-state index in [2.05, 4.69) is 16.0 Å². The van der Waals surface area contributed by atoms with Crippen LogP contribution < -0.4 is 9.64 Å². The average Bonchev–Trinajstić information content (AvgIpc) is 3.76. The molecule has 3 fully saturated rings. The highest BCUT2D eigenvalue weighted by Gasteiger charge is 2.48. The Balaban J connectivity index is 1.18. The molecule has 0 N–H and O–H groups in total. The lowest BCUT2D eigenvalue weighted by Crippen LogP contribution is -2.48. The summed E-state index contributed by atoms with van der Waals surface area (Å²) in [5.41, 5.74) is 1.53. The number of benzene rings is 2. The van der Waals surface area contributed by atoms with Gasteiger partial charge in [-0.15, -0.1) is 0 Å². The van der Waals surface area contributed by atoms with Crippen LogP contribution in [0, 0.1) is 23.1 Å². The molecule has 2 amide bonds. The molecular weight excluding hydrogens is 557 g/mol. The maximum absolute atomic E-state index is 13.9. The second kappa shape index (κ2) is 12.0. The number of carbonyl (C=O) groups excluding carboxylic acids is 2. The summed E-state index contributed by atoms with van der Waals surface area (Å²) in [7, 11) is 0. The van der Waals surface area contributed by atoms with Gasteiger partial charge in [-0.2, -0.15) is 5.26 Å². The van der Waals surface area contributed by atoms with Crippen molar-refractivity contribution in [3.05, 3.63) is 88.8 Å². The molecule has 2 atom stereocenters. The van der Waals surface area contributed by atoms with E-state index in [9.17, 15) is 14.0 Å². The number of carbonyl (C=O) groups is 2. The summed E-state index contributed by atoms with van der Waals surface area (Å²) in [5, 5.41) is 9.67. The van der Waals surface area contributed by atoms with Crippen LogP contribution in [0.15, 0.2) is 66.9 Å². The Morgan fingerprint density at radius 1 is 0.976 bits per heavy atom. The molecule has 0 bridgehead atoms. The molecule has 3 aliphatic rings. The third-order valence-corrected chi connectivity index (χ3v) is 8.72. The smallest absolute Gasteiger partial charge is 0.410 e. The first-order valence-electron chi connectivity index (χ1n) is 14.3. The summed E-state index contributed by atoms with van der Waals surface area (Å²) in [5.74, 6) is 0.570. The number of halogens is 2. The molecule has 1 saturated carbocycles. The van der Waals surface area contributed by atoms with E-state index >= 15 is 0 Å². The van der Waals surface area contributed by atoms with E-state index in [1.165, 1.54) is 24.3 Å². The van der Waals surface area contributed by atoms with Crippen molar-refractivity contribution in [2.75, 3.05) is 31.1 Å². The number of rotatable bonds is 6. The van der Waals surface area contributed by atoms with Gasteiger partial charge in [0.15, 0.2) is 0 Å². The zero-order valence-electron chi connectivity index (χ0n) is 23.0. The van der Waals surface area contributed by atoms with Crippen LogP contribution in [0.5, 0.6) is 5.75 Å². The standard InChI is InChI=1S/C32H31ClFN5O3/c33-24-4-2-22(3-5-24)28-19-38(31(40)23-13-15-37(16-14-23)30-12-1-21(17-35)18-36-30)20-29(28)39(26-8-9-26)32(41)42-27-10-6-25(34)7-11-27/h1-7,10-12,18,23,26,28-29H,8-9,13-16,19-20H2. The van der Waals surface area contributed by atoms with E-state index in [4.69, 9.17) is 21.6 Å². The highest BCUT2D eigenvalue weighted by atomic mass is 35.5. The van der Waals surface area contributed by atoms with Gasteiger partial charge in [-0.05, 0) is 79.8 Å². The normalized spacial score (nSPS) is 20.7. The van der Waals surface area contributed by atoms with E-state index in [0.717, 1.165) is 24.2 Å². The summed E-state index contributed by atoms with van der Waals surface area (Å²) < 4.78 is 19.1. The van der Waals surface area contributed by atoms with Gasteiger partial charge in [0.1, 0.15) is 23.5 Å². The number of anilines is 1. The van der Waals surface area contributed by atoms with Gasteiger partial charge in [0.05, 0.1) is 11.6 Å². The molecule has 0 radical (unpaired) electrons. The molecule has 10 heteroatoms. The zero-order chi connectivity index (χ0) is 29.2. The van der Waals surface area contributed by atoms with Crippen LogP contribution >= 0.6 is 11.6 Å². The summed E-state index contributed by atoms with van der Waals surface area (Å²) in [4.78, 5) is 37.7.